The quantitative estimate of drug-likeness (QED) is 0.626. The molecule has 3 heterocycles. The number of hydrogen-bond donors (Lipinski definition) is 0. The van der Waals surface area contributed by atoms with E-state index < -0.39 is 10.0 Å². The van der Waals surface area contributed by atoms with Gasteiger partial charge in [0.2, 0.25) is 10.0 Å². The van der Waals surface area contributed by atoms with Crippen LogP contribution in [0.4, 0.5) is 0 Å². The van der Waals surface area contributed by atoms with Gasteiger partial charge in [0.1, 0.15) is 6.33 Å². The Morgan fingerprint density at radius 2 is 1.86 bits per heavy atom. The second-order valence-electron chi connectivity index (χ2n) is 7.85. The van der Waals surface area contributed by atoms with Gasteiger partial charge < -0.3 is 9.64 Å². The number of amides is 1. The fraction of sp³-hybridized carbons (Fsp3) is 0.737. The fourth-order valence-corrected chi connectivity index (χ4v) is 5.07. The van der Waals surface area contributed by atoms with Crippen molar-refractivity contribution < 1.29 is 17.9 Å². The van der Waals surface area contributed by atoms with Crippen LogP contribution in [0.15, 0.2) is 18.7 Å². The average Bonchev–Trinajstić information content (AvgIpc) is 2.74. The maximum atomic E-state index is 12.6. The number of likely N-dealkylation sites (N-methyl/N-ethyl adjacent to an activating group) is 1. The Balaban J connectivity index is 1.68. The Morgan fingerprint density at radius 3 is 2.52 bits per heavy atom. The zero-order valence-corrected chi connectivity index (χ0v) is 18.1. The molecule has 1 atom stereocenters. The van der Waals surface area contributed by atoms with Crippen LogP contribution in [-0.2, 0) is 14.8 Å². The molecule has 2 fully saturated rings. The molecule has 162 valence electrons. The molecule has 3 rings (SSSR count). The summed E-state index contributed by atoms with van der Waals surface area (Å²) in [6.07, 6.45) is 9.41. The smallest absolute Gasteiger partial charge is 0.256 e. The molecular weight excluding hydrogens is 394 g/mol. The van der Waals surface area contributed by atoms with Gasteiger partial charge in [-0.3, -0.25) is 9.69 Å². The molecule has 1 aromatic heterocycles. The first-order valence-corrected chi connectivity index (χ1v) is 12.0. The van der Waals surface area contributed by atoms with E-state index in [2.05, 4.69) is 14.9 Å². The summed E-state index contributed by atoms with van der Waals surface area (Å²) in [5.41, 5.74) is 0.466. The van der Waals surface area contributed by atoms with Crippen LogP contribution in [0.3, 0.4) is 0 Å². The largest absolute Gasteiger partial charge is 0.381 e. The van der Waals surface area contributed by atoms with Crippen LogP contribution in [-0.4, -0.2) is 103 Å². The molecule has 0 aromatic carbocycles. The van der Waals surface area contributed by atoms with Crippen molar-refractivity contribution >= 4 is 15.9 Å². The highest BCUT2D eigenvalue weighted by Crippen LogP contribution is 2.24. The zero-order chi connectivity index (χ0) is 20.9. The maximum absolute atomic E-state index is 12.6. The van der Waals surface area contributed by atoms with Crippen LogP contribution in [0, 0.1) is 0 Å². The summed E-state index contributed by atoms with van der Waals surface area (Å²) < 4.78 is 31.2. The lowest BCUT2D eigenvalue weighted by Gasteiger charge is -2.44. The second kappa shape index (κ2) is 9.92. The van der Waals surface area contributed by atoms with Crippen LogP contribution >= 0.6 is 0 Å². The molecule has 2 aliphatic heterocycles. The van der Waals surface area contributed by atoms with Crippen molar-refractivity contribution in [2.45, 2.75) is 37.8 Å². The lowest BCUT2D eigenvalue weighted by molar-refractivity contribution is 0.00319. The van der Waals surface area contributed by atoms with E-state index in [0.29, 0.717) is 37.8 Å². The summed E-state index contributed by atoms with van der Waals surface area (Å²) in [5, 5.41) is 0. The topological polar surface area (TPSA) is 95.9 Å². The Kier molecular flexibility index (Phi) is 7.55. The highest BCUT2D eigenvalue weighted by molar-refractivity contribution is 7.88. The molecule has 10 heteroatoms. The summed E-state index contributed by atoms with van der Waals surface area (Å²) in [6.45, 7) is 3.80. The molecule has 1 unspecified atom stereocenters. The maximum Gasteiger partial charge on any atom is 0.256 e. The number of carbonyl (C=O) groups is 1. The van der Waals surface area contributed by atoms with E-state index in [1.54, 1.807) is 16.3 Å². The first kappa shape index (κ1) is 22.1. The standard InChI is InChI=1S/C19H31N5O4S/c1-22(19(25)16-12-20-15-21-13-16)8-9-24(17-5-10-28-11-6-17)18-4-3-7-23(14-18)29(2,26)27/h12-13,15,17-18H,3-11,14H2,1-2H3. The minimum atomic E-state index is -3.20. The number of rotatable bonds is 7. The Labute approximate surface area is 173 Å². The monoisotopic (exact) mass is 425 g/mol. The molecule has 2 saturated heterocycles. The van der Waals surface area contributed by atoms with E-state index in [4.69, 9.17) is 4.74 Å². The first-order valence-electron chi connectivity index (χ1n) is 10.2. The van der Waals surface area contributed by atoms with Crippen molar-refractivity contribution in [2.75, 3.05) is 52.7 Å². The van der Waals surface area contributed by atoms with Gasteiger partial charge in [-0.05, 0) is 25.7 Å². The van der Waals surface area contributed by atoms with Crippen molar-refractivity contribution in [1.82, 2.24) is 24.1 Å². The van der Waals surface area contributed by atoms with E-state index in [1.165, 1.54) is 25.0 Å². The van der Waals surface area contributed by atoms with Crippen molar-refractivity contribution in [2.24, 2.45) is 0 Å². The first-order chi connectivity index (χ1) is 13.9. The van der Waals surface area contributed by atoms with Gasteiger partial charge in [0.15, 0.2) is 0 Å². The number of nitrogens with zero attached hydrogens (tertiary/aromatic N) is 5. The number of sulfonamides is 1. The van der Waals surface area contributed by atoms with Gasteiger partial charge in [0.05, 0.1) is 11.8 Å². The molecule has 2 aliphatic rings. The minimum Gasteiger partial charge on any atom is -0.381 e. The fourth-order valence-electron chi connectivity index (χ4n) is 4.17. The third-order valence-corrected chi connectivity index (χ3v) is 7.07. The minimum absolute atomic E-state index is 0.112. The number of carbonyl (C=O) groups excluding carboxylic acids is 1. The summed E-state index contributed by atoms with van der Waals surface area (Å²) in [5.74, 6) is -0.112. The lowest BCUT2D eigenvalue weighted by atomic mass is 9.99. The molecule has 0 saturated carbocycles. The summed E-state index contributed by atoms with van der Waals surface area (Å²) >= 11 is 0. The molecule has 0 radical (unpaired) electrons. The molecule has 9 nitrogen and oxygen atoms in total. The van der Waals surface area contributed by atoms with Crippen LogP contribution in [0.25, 0.3) is 0 Å². The van der Waals surface area contributed by atoms with Gasteiger partial charge in [-0.2, -0.15) is 0 Å². The van der Waals surface area contributed by atoms with E-state index in [9.17, 15) is 13.2 Å². The van der Waals surface area contributed by atoms with Crippen molar-refractivity contribution in [1.29, 1.82) is 0 Å². The van der Waals surface area contributed by atoms with Crippen LogP contribution < -0.4 is 0 Å². The number of ether oxygens (including phenoxy) is 1. The summed E-state index contributed by atoms with van der Waals surface area (Å²) in [7, 11) is -1.42. The molecule has 0 aliphatic carbocycles. The zero-order valence-electron chi connectivity index (χ0n) is 17.2. The van der Waals surface area contributed by atoms with E-state index >= 15 is 0 Å². The van der Waals surface area contributed by atoms with Gasteiger partial charge in [0.25, 0.3) is 5.91 Å². The Hall–Kier alpha value is -1.62. The van der Waals surface area contributed by atoms with E-state index in [0.717, 1.165) is 38.9 Å². The summed E-state index contributed by atoms with van der Waals surface area (Å²) in [6, 6.07) is 0.502. The predicted octanol–water partition coefficient (Wildman–Crippen LogP) is 0.454. The van der Waals surface area contributed by atoms with Crippen molar-refractivity contribution in [3.63, 3.8) is 0 Å². The second-order valence-corrected chi connectivity index (χ2v) is 9.83. The van der Waals surface area contributed by atoms with Crippen LogP contribution in [0.2, 0.25) is 0 Å². The molecule has 0 N–H and O–H groups in total. The molecule has 1 amide bonds. The van der Waals surface area contributed by atoms with Crippen LogP contribution in [0.1, 0.15) is 36.0 Å². The van der Waals surface area contributed by atoms with E-state index in [-0.39, 0.29) is 11.9 Å². The van der Waals surface area contributed by atoms with Crippen LogP contribution in [0.5, 0.6) is 0 Å². The molecular formula is C19H31N5O4S. The van der Waals surface area contributed by atoms with Gasteiger partial charge in [-0.15, -0.1) is 0 Å². The molecule has 0 spiro atoms. The average molecular weight is 426 g/mol. The summed E-state index contributed by atoms with van der Waals surface area (Å²) in [4.78, 5) is 24.5. The molecule has 1 aromatic rings. The van der Waals surface area contributed by atoms with E-state index in [1.807, 2.05) is 0 Å². The third kappa shape index (κ3) is 5.94. The van der Waals surface area contributed by atoms with Gasteiger partial charge in [0, 0.05) is 70.9 Å². The number of piperidine rings is 1. The SMILES string of the molecule is CN(CCN(C1CCOCC1)C1CCCN(S(C)(=O)=O)C1)C(=O)c1cncnc1. The van der Waals surface area contributed by atoms with Gasteiger partial charge in [-0.1, -0.05) is 0 Å². The normalized spacial score (nSPS) is 22.0. The molecule has 0 bridgehead atoms. The highest BCUT2D eigenvalue weighted by atomic mass is 32.2. The number of hydrogen-bond acceptors (Lipinski definition) is 7. The lowest BCUT2D eigenvalue weighted by Crippen LogP contribution is -2.55. The van der Waals surface area contributed by atoms with Gasteiger partial charge in [-0.25, -0.2) is 22.7 Å². The van der Waals surface area contributed by atoms with Crippen molar-refractivity contribution in [3.05, 3.63) is 24.3 Å². The number of aromatic nitrogens is 2. The van der Waals surface area contributed by atoms with Crippen molar-refractivity contribution in [3.8, 4) is 0 Å². The Bertz CT molecular complexity index is 770. The predicted molar refractivity (Wildman–Crippen MR) is 109 cm³/mol. The van der Waals surface area contributed by atoms with Gasteiger partial charge >= 0.3 is 0 Å². The highest BCUT2D eigenvalue weighted by Gasteiger charge is 2.34. The third-order valence-electron chi connectivity index (χ3n) is 5.80. The molecule has 29 heavy (non-hydrogen) atoms. The Morgan fingerprint density at radius 1 is 1.17 bits per heavy atom.